The molecule has 0 amide bonds. The van der Waals surface area contributed by atoms with E-state index in [9.17, 15) is 0 Å². The molecule has 0 aliphatic heterocycles. The van der Waals surface area contributed by atoms with Gasteiger partial charge < -0.3 is 5.32 Å². The minimum atomic E-state index is 0.330. The largest absolute Gasteiger partial charge is 0.310 e. The van der Waals surface area contributed by atoms with E-state index in [1.807, 2.05) is 0 Å². The van der Waals surface area contributed by atoms with Crippen molar-refractivity contribution in [1.29, 1.82) is 0 Å². The molecule has 3 atom stereocenters. The molecule has 0 aromatic carbocycles. The highest BCUT2D eigenvalue weighted by molar-refractivity contribution is 7.81. The molecule has 0 fully saturated rings. The number of thiol groups is 1. The second kappa shape index (κ2) is 4.52. The summed E-state index contributed by atoms with van der Waals surface area (Å²) in [4.78, 5) is 0. The molecule has 1 N–H and O–H groups in total. The zero-order valence-corrected chi connectivity index (χ0v) is 10.1. The fourth-order valence-corrected chi connectivity index (χ4v) is 0.870. The Kier molecular flexibility index (Phi) is 4.64. The summed E-state index contributed by atoms with van der Waals surface area (Å²) in [6.45, 7) is 13.3. The van der Waals surface area contributed by atoms with Gasteiger partial charge in [-0.1, -0.05) is 27.7 Å². The van der Waals surface area contributed by atoms with E-state index in [-0.39, 0.29) is 0 Å². The maximum absolute atomic E-state index is 4.40. The molecule has 0 rings (SSSR count). The normalized spacial score (nSPS) is 20.2. The molecular formula is C10H23NS. The Labute approximate surface area is 82.7 Å². The molecule has 0 aromatic heterocycles. The number of hydrogen-bond acceptors (Lipinski definition) is 2. The zero-order chi connectivity index (χ0) is 9.94. The van der Waals surface area contributed by atoms with Crippen molar-refractivity contribution in [1.82, 2.24) is 5.32 Å². The van der Waals surface area contributed by atoms with Gasteiger partial charge >= 0.3 is 0 Å². The molecule has 0 radical (unpaired) electrons. The first-order valence-corrected chi connectivity index (χ1v) is 5.21. The van der Waals surface area contributed by atoms with Gasteiger partial charge in [-0.15, -0.1) is 0 Å². The summed E-state index contributed by atoms with van der Waals surface area (Å²) in [5.41, 5.74) is 0.330. The molecule has 0 heterocycles. The highest BCUT2D eigenvalue weighted by atomic mass is 32.1. The van der Waals surface area contributed by atoms with Gasteiger partial charge in [-0.25, -0.2) is 0 Å². The molecule has 12 heavy (non-hydrogen) atoms. The summed E-state index contributed by atoms with van der Waals surface area (Å²) < 4.78 is 0. The van der Waals surface area contributed by atoms with Crippen LogP contribution in [0.1, 0.15) is 41.5 Å². The second-order valence-corrected chi connectivity index (χ2v) is 5.60. The van der Waals surface area contributed by atoms with Crippen LogP contribution in [0, 0.1) is 5.41 Å². The first-order valence-electron chi connectivity index (χ1n) is 4.69. The third-order valence-electron chi connectivity index (χ3n) is 2.54. The fourth-order valence-electron chi connectivity index (χ4n) is 0.784. The van der Waals surface area contributed by atoms with E-state index >= 15 is 0 Å². The van der Waals surface area contributed by atoms with Crippen LogP contribution in [0.3, 0.4) is 0 Å². The van der Waals surface area contributed by atoms with Gasteiger partial charge in [0.15, 0.2) is 0 Å². The van der Waals surface area contributed by atoms with E-state index in [0.717, 1.165) is 0 Å². The van der Waals surface area contributed by atoms with Crippen molar-refractivity contribution in [2.45, 2.75) is 58.9 Å². The van der Waals surface area contributed by atoms with Crippen LogP contribution < -0.4 is 5.32 Å². The van der Waals surface area contributed by atoms with Crippen molar-refractivity contribution in [3.63, 3.8) is 0 Å². The maximum atomic E-state index is 4.40. The van der Waals surface area contributed by atoms with Crippen molar-refractivity contribution >= 4 is 12.6 Å². The Morgan fingerprint density at radius 3 is 1.75 bits per heavy atom. The Morgan fingerprint density at radius 1 is 1.08 bits per heavy atom. The predicted molar refractivity (Wildman–Crippen MR) is 60.0 cm³/mol. The number of hydrogen-bond donors (Lipinski definition) is 2. The van der Waals surface area contributed by atoms with E-state index in [0.29, 0.717) is 22.7 Å². The van der Waals surface area contributed by atoms with Crippen LogP contribution in [0.4, 0.5) is 0 Å². The summed E-state index contributed by atoms with van der Waals surface area (Å²) in [5, 5.41) is 3.95. The van der Waals surface area contributed by atoms with Gasteiger partial charge in [0.05, 0.1) is 0 Å². The quantitative estimate of drug-likeness (QED) is 0.651. The smallest absolute Gasteiger partial charge is 0.0155 e. The number of rotatable bonds is 3. The van der Waals surface area contributed by atoms with E-state index in [4.69, 9.17) is 0 Å². The molecule has 0 aliphatic carbocycles. The molecule has 0 saturated carbocycles. The Balaban J connectivity index is 3.93. The summed E-state index contributed by atoms with van der Waals surface area (Å²) >= 11 is 4.40. The summed E-state index contributed by atoms with van der Waals surface area (Å²) in [5.74, 6) is 0. The van der Waals surface area contributed by atoms with Crippen LogP contribution in [-0.2, 0) is 0 Å². The molecule has 0 spiro atoms. The Morgan fingerprint density at radius 2 is 1.50 bits per heavy atom. The van der Waals surface area contributed by atoms with E-state index in [1.165, 1.54) is 0 Å². The van der Waals surface area contributed by atoms with E-state index in [2.05, 4.69) is 59.5 Å². The summed E-state index contributed by atoms with van der Waals surface area (Å²) in [6, 6.07) is 1.00. The molecule has 0 aliphatic rings. The molecule has 0 bridgehead atoms. The number of nitrogens with one attached hydrogen (secondary N) is 1. The monoisotopic (exact) mass is 189 g/mol. The molecule has 0 saturated heterocycles. The van der Waals surface area contributed by atoms with Crippen LogP contribution in [0.5, 0.6) is 0 Å². The maximum Gasteiger partial charge on any atom is 0.0155 e. The average molecular weight is 189 g/mol. The van der Waals surface area contributed by atoms with Crippen molar-refractivity contribution < 1.29 is 0 Å². The van der Waals surface area contributed by atoms with Crippen LogP contribution in [0.2, 0.25) is 0 Å². The van der Waals surface area contributed by atoms with Gasteiger partial charge in [-0.3, -0.25) is 0 Å². The van der Waals surface area contributed by atoms with Crippen LogP contribution >= 0.6 is 12.6 Å². The van der Waals surface area contributed by atoms with Gasteiger partial charge in [0.25, 0.3) is 0 Å². The minimum Gasteiger partial charge on any atom is -0.310 e. The van der Waals surface area contributed by atoms with Gasteiger partial charge in [-0.2, -0.15) is 12.6 Å². The summed E-state index contributed by atoms with van der Waals surface area (Å²) in [7, 11) is 0. The second-order valence-electron chi connectivity index (χ2n) is 4.78. The van der Waals surface area contributed by atoms with Gasteiger partial charge in [-0.05, 0) is 19.3 Å². The van der Waals surface area contributed by atoms with Gasteiger partial charge in [0.2, 0.25) is 0 Å². The predicted octanol–water partition coefficient (Wildman–Crippen LogP) is 2.72. The summed E-state index contributed by atoms with van der Waals surface area (Å²) in [6.07, 6.45) is 0. The van der Waals surface area contributed by atoms with Gasteiger partial charge in [0.1, 0.15) is 0 Å². The van der Waals surface area contributed by atoms with Crippen molar-refractivity contribution in [3.8, 4) is 0 Å². The first-order chi connectivity index (χ1) is 5.25. The molecule has 2 heteroatoms. The molecule has 0 aromatic rings. The molecular weight excluding hydrogens is 166 g/mol. The average Bonchev–Trinajstić information content (AvgIpc) is 1.85. The third-order valence-corrected chi connectivity index (χ3v) is 2.98. The SMILES string of the molecule is CC(S)C(C)NC(C)C(C)(C)C. The zero-order valence-electron chi connectivity index (χ0n) is 9.18. The van der Waals surface area contributed by atoms with Crippen molar-refractivity contribution in [3.05, 3.63) is 0 Å². The lowest BCUT2D eigenvalue weighted by Gasteiger charge is -2.32. The first kappa shape index (κ1) is 12.3. The standard InChI is InChI=1S/C10H23NS/c1-7(8(2)12)11-9(3)10(4,5)6/h7-9,11-12H,1-6H3. The van der Waals surface area contributed by atoms with E-state index < -0.39 is 0 Å². The highest BCUT2D eigenvalue weighted by Gasteiger charge is 2.22. The van der Waals surface area contributed by atoms with Gasteiger partial charge in [0, 0.05) is 17.3 Å². The Hall–Kier alpha value is 0.310. The van der Waals surface area contributed by atoms with Crippen LogP contribution in [-0.4, -0.2) is 17.3 Å². The topological polar surface area (TPSA) is 12.0 Å². The third kappa shape index (κ3) is 4.36. The highest BCUT2D eigenvalue weighted by Crippen LogP contribution is 2.19. The lowest BCUT2D eigenvalue weighted by atomic mass is 9.87. The lowest BCUT2D eigenvalue weighted by Crippen LogP contribution is -2.45. The molecule has 3 unspecified atom stereocenters. The minimum absolute atomic E-state index is 0.330. The van der Waals surface area contributed by atoms with Crippen molar-refractivity contribution in [2.75, 3.05) is 0 Å². The van der Waals surface area contributed by atoms with Crippen molar-refractivity contribution in [2.24, 2.45) is 5.41 Å². The van der Waals surface area contributed by atoms with E-state index in [1.54, 1.807) is 0 Å². The Bertz CT molecular complexity index is 126. The molecule has 1 nitrogen and oxygen atoms in total. The fraction of sp³-hybridized carbons (Fsp3) is 1.00. The lowest BCUT2D eigenvalue weighted by molar-refractivity contribution is 0.267. The van der Waals surface area contributed by atoms with Crippen LogP contribution in [0.15, 0.2) is 0 Å². The van der Waals surface area contributed by atoms with Crippen LogP contribution in [0.25, 0.3) is 0 Å². The molecule has 74 valence electrons.